The molecule has 3 aliphatic rings. The molecule has 3 aliphatic carbocycles. The fourth-order valence-corrected chi connectivity index (χ4v) is 7.52. The first-order valence-corrected chi connectivity index (χ1v) is 13.7. The van der Waals surface area contributed by atoms with Crippen LogP contribution >= 0.6 is 0 Å². The molecule has 2 saturated carbocycles. The summed E-state index contributed by atoms with van der Waals surface area (Å²) in [4.78, 5) is 17.2. The highest BCUT2D eigenvalue weighted by Crippen LogP contribution is 2.59. The molecule has 0 saturated heterocycles. The van der Waals surface area contributed by atoms with Gasteiger partial charge in [0, 0.05) is 48.7 Å². The Bertz CT molecular complexity index is 1280. The number of hydrogen-bond acceptors (Lipinski definition) is 3. The lowest BCUT2D eigenvalue weighted by atomic mass is 9.55. The van der Waals surface area contributed by atoms with Crippen LogP contribution in [0.2, 0.25) is 0 Å². The molecule has 0 amide bonds. The number of carbonyl (C=O) groups excluding carboxylic acids is 1. The van der Waals surface area contributed by atoms with Crippen LogP contribution in [0.25, 0.3) is 0 Å². The third-order valence-corrected chi connectivity index (χ3v) is 9.59. The van der Waals surface area contributed by atoms with Gasteiger partial charge in [0.1, 0.15) is 5.78 Å². The number of aryl methyl sites for hydroxylation is 2. The quantitative estimate of drug-likeness (QED) is 0.380. The largest absolute Gasteiger partial charge is 0.378 e. The molecule has 0 aromatic heterocycles. The van der Waals surface area contributed by atoms with E-state index < -0.39 is 0 Å². The molecule has 6 rings (SSSR count). The molecular weight excluding hydrogens is 440 g/mol. The maximum Gasteiger partial charge on any atom is 0.139 e. The smallest absolute Gasteiger partial charge is 0.139 e. The summed E-state index contributed by atoms with van der Waals surface area (Å²) in [7, 11) is 4.16. The third kappa shape index (κ3) is 3.75. The number of hydrogen-bond donors (Lipinski definition) is 0. The molecule has 3 aromatic carbocycles. The maximum absolute atomic E-state index is 12.7. The second-order valence-electron chi connectivity index (χ2n) is 11.8. The van der Waals surface area contributed by atoms with Crippen LogP contribution in [0.1, 0.15) is 61.6 Å². The van der Waals surface area contributed by atoms with E-state index in [2.05, 4.69) is 104 Å². The second kappa shape index (κ2) is 8.80. The van der Waals surface area contributed by atoms with Gasteiger partial charge in [-0.2, -0.15) is 0 Å². The standard InChI is InChI=1S/C33H38N2O/c1-22-5-8-25(9-6-22)35(26-12-10-24(11-13-26)34(3)4)27-14-16-28-23(21-27)7-15-30-29(28)19-20-33(2)31(30)17-18-32(33)36/h5-6,8-14,16,21,29-31H,7,15,17-20H2,1-4H3/t29-,30-,31+,33+/m1/s1. The summed E-state index contributed by atoms with van der Waals surface area (Å²) in [6.45, 7) is 4.41. The summed E-state index contributed by atoms with van der Waals surface area (Å²) >= 11 is 0. The molecule has 0 radical (unpaired) electrons. The molecule has 0 unspecified atom stereocenters. The zero-order valence-corrected chi connectivity index (χ0v) is 22.1. The van der Waals surface area contributed by atoms with Crippen molar-refractivity contribution in [2.24, 2.45) is 17.3 Å². The molecule has 0 bridgehead atoms. The average Bonchev–Trinajstić information content (AvgIpc) is 3.19. The van der Waals surface area contributed by atoms with Crippen LogP contribution in [0.4, 0.5) is 22.7 Å². The first kappa shape index (κ1) is 23.3. The molecule has 186 valence electrons. The van der Waals surface area contributed by atoms with E-state index >= 15 is 0 Å². The van der Waals surface area contributed by atoms with Crippen molar-refractivity contribution in [1.82, 2.24) is 0 Å². The van der Waals surface area contributed by atoms with Crippen LogP contribution in [0.3, 0.4) is 0 Å². The number of benzene rings is 3. The van der Waals surface area contributed by atoms with Gasteiger partial charge in [0.25, 0.3) is 0 Å². The van der Waals surface area contributed by atoms with Crippen molar-refractivity contribution in [3.63, 3.8) is 0 Å². The zero-order chi connectivity index (χ0) is 25.0. The highest BCUT2D eigenvalue weighted by molar-refractivity contribution is 5.87. The number of anilines is 4. The average molecular weight is 479 g/mol. The molecule has 3 nitrogen and oxygen atoms in total. The minimum absolute atomic E-state index is 0.0560. The van der Waals surface area contributed by atoms with Crippen LogP contribution in [0.15, 0.2) is 66.7 Å². The second-order valence-corrected chi connectivity index (χ2v) is 11.8. The summed E-state index contributed by atoms with van der Waals surface area (Å²) < 4.78 is 0. The fraction of sp³-hybridized carbons (Fsp3) is 0.424. The van der Waals surface area contributed by atoms with Gasteiger partial charge in [-0.25, -0.2) is 0 Å². The Balaban J connectivity index is 1.37. The number of fused-ring (bicyclic) bond motifs is 5. The van der Waals surface area contributed by atoms with E-state index in [0.717, 1.165) is 32.1 Å². The van der Waals surface area contributed by atoms with Gasteiger partial charge in [-0.15, -0.1) is 0 Å². The van der Waals surface area contributed by atoms with Gasteiger partial charge in [0.05, 0.1) is 0 Å². The van der Waals surface area contributed by atoms with E-state index in [4.69, 9.17) is 0 Å². The maximum atomic E-state index is 12.7. The summed E-state index contributed by atoms with van der Waals surface area (Å²) in [5.41, 5.74) is 9.05. The summed E-state index contributed by atoms with van der Waals surface area (Å²) in [5, 5.41) is 0. The first-order chi connectivity index (χ1) is 17.3. The van der Waals surface area contributed by atoms with E-state index in [9.17, 15) is 4.79 Å². The van der Waals surface area contributed by atoms with E-state index in [1.807, 2.05) is 0 Å². The Morgan fingerprint density at radius 2 is 1.42 bits per heavy atom. The molecule has 3 heteroatoms. The lowest BCUT2D eigenvalue weighted by molar-refractivity contribution is -0.129. The van der Waals surface area contributed by atoms with E-state index in [-0.39, 0.29) is 5.41 Å². The summed E-state index contributed by atoms with van der Waals surface area (Å²) in [6.07, 6.45) is 6.46. The van der Waals surface area contributed by atoms with Crippen molar-refractivity contribution in [2.75, 3.05) is 23.9 Å². The minimum atomic E-state index is -0.0560. The van der Waals surface area contributed by atoms with Gasteiger partial charge < -0.3 is 9.80 Å². The van der Waals surface area contributed by atoms with Crippen molar-refractivity contribution < 1.29 is 4.79 Å². The Hall–Kier alpha value is -3.07. The lowest BCUT2D eigenvalue weighted by Crippen LogP contribution is -2.42. The van der Waals surface area contributed by atoms with Crippen molar-refractivity contribution in [3.05, 3.63) is 83.4 Å². The number of Topliss-reactive ketones (excluding diaryl/α,β-unsaturated/α-hetero) is 1. The molecule has 3 aromatic rings. The predicted octanol–water partition coefficient (Wildman–Crippen LogP) is 7.96. The van der Waals surface area contributed by atoms with Crippen LogP contribution in [-0.4, -0.2) is 19.9 Å². The van der Waals surface area contributed by atoms with Crippen molar-refractivity contribution in [3.8, 4) is 0 Å². The fourth-order valence-electron chi connectivity index (χ4n) is 7.52. The molecule has 0 spiro atoms. The van der Waals surface area contributed by atoms with Gasteiger partial charge in [0.15, 0.2) is 0 Å². The van der Waals surface area contributed by atoms with Crippen LogP contribution < -0.4 is 9.80 Å². The molecule has 36 heavy (non-hydrogen) atoms. The number of ketones is 1. The van der Waals surface area contributed by atoms with Crippen molar-refractivity contribution in [2.45, 2.75) is 58.3 Å². The van der Waals surface area contributed by atoms with Gasteiger partial charge in [-0.05, 0) is 116 Å². The predicted molar refractivity (Wildman–Crippen MR) is 150 cm³/mol. The molecular formula is C33H38N2O. The van der Waals surface area contributed by atoms with E-state index in [1.54, 1.807) is 5.56 Å². The van der Waals surface area contributed by atoms with Gasteiger partial charge in [0.2, 0.25) is 0 Å². The highest BCUT2D eigenvalue weighted by atomic mass is 16.1. The van der Waals surface area contributed by atoms with Crippen LogP contribution in [-0.2, 0) is 11.2 Å². The Kier molecular flexibility index (Phi) is 5.70. The topological polar surface area (TPSA) is 23.6 Å². The molecule has 2 fully saturated rings. The Morgan fingerprint density at radius 3 is 2.11 bits per heavy atom. The highest BCUT2D eigenvalue weighted by Gasteiger charge is 2.54. The zero-order valence-electron chi connectivity index (χ0n) is 22.1. The third-order valence-electron chi connectivity index (χ3n) is 9.59. The van der Waals surface area contributed by atoms with E-state index in [1.165, 1.54) is 40.3 Å². The lowest BCUT2D eigenvalue weighted by Gasteiger charge is -2.48. The summed E-state index contributed by atoms with van der Waals surface area (Å²) in [5.74, 6) is 2.39. The van der Waals surface area contributed by atoms with Crippen molar-refractivity contribution >= 4 is 28.5 Å². The molecule has 0 N–H and O–H groups in total. The SMILES string of the molecule is Cc1ccc(N(c2ccc(N(C)C)cc2)c2ccc3c(c2)CC[C@@H]2[C@@H]3CC[C@]3(C)C(=O)CC[C@@H]23)cc1. The van der Waals surface area contributed by atoms with Crippen LogP contribution in [0, 0.1) is 24.2 Å². The number of rotatable bonds is 4. The Labute approximate surface area is 216 Å². The molecule has 0 heterocycles. The number of carbonyl (C=O) groups is 1. The summed E-state index contributed by atoms with van der Waals surface area (Å²) in [6, 6.07) is 24.9. The number of nitrogens with zero attached hydrogens (tertiary/aromatic N) is 2. The normalized spacial score (nSPS) is 26.7. The van der Waals surface area contributed by atoms with Gasteiger partial charge in [-0.3, -0.25) is 4.79 Å². The Morgan fingerprint density at radius 1 is 0.778 bits per heavy atom. The van der Waals surface area contributed by atoms with Crippen molar-refractivity contribution in [1.29, 1.82) is 0 Å². The minimum Gasteiger partial charge on any atom is -0.378 e. The molecule has 4 atom stereocenters. The molecule has 0 aliphatic heterocycles. The van der Waals surface area contributed by atoms with Crippen LogP contribution in [0.5, 0.6) is 0 Å². The van der Waals surface area contributed by atoms with Gasteiger partial charge in [-0.1, -0.05) is 30.7 Å². The first-order valence-electron chi connectivity index (χ1n) is 13.7. The van der Waals surface area contributed by atoms with Gasteiger partial charge >= 0.3 is 0 Å². The monoisotopic (exact) mass is 478 g/mol. The van der Waals surface area contributed by atoms with E-state index in [0.29, 0.717) is 23.5 Å².